The van der Waals surface area contributed by atoms with Crippen molar-refractivity contribution in [3.63, 3.8) is 0 Å². The second kappa shape index (κ2) is 6.78. The monoisotopic (exact) mass is 413 g/mol. The molecule has 29 heavy (non-hydrogen) atoms. The summed E-state index contributed by atoms with van der Waals surface area (Å²) in [6.45, 7) is 2.77. The largest absolute Gasteiger partial charge is 0.492 e. The summed E-state index contributed by atoms with van der Waals surface area (Å²) in [4.78, 5) is 27.9. The fourth-order valence-corrected chi connectivity index (χ4v) is 5.45. The number of rotatable bonds is 3. The van der Waals surface area contributed by atoms with Crippen molar-refractivity contribution in [1.82, 2.24) is 9.88 Å². The van der Waals surface area contributed by atoms with Gasteiger partial charge in [0.15, 0.2) is 17.3 Å². The molecular formula is C21H20FN3O3S. The van der Waals surface area contributed by atoms with E-state index in [0.29, 0.717) is 35.1 Å². The van der Waals surface area contributed by atoms with E-state index < -0.39 is 16.5 Å². The molecule has 8 heteroatoms. The Bertz CT molecular complexity index is 1140. The minimum atomic E-state index is -0.719. The molecule has 1 aliphatic carbocycles. The number of nitrogens with zero attached hydrogens (tertiary/aromatic N) is 2. The lowest BCUT2D eigenvalue weighted by atomic mass is 10.0. The Hall–Kier alpha value is -2.50. The highest BCUT2D eigenvalue weighted by molar-refractivity contribution is 8.01. The number of carbonyl (C=O) groups excluding carboxylic acids is 1. The van der Waals surface area contributed by atoms with Gasteiger partial charge in [-0.05, 0) is 18.9 Å². The molecule has 0 radical (unpaired) electrons. The molecule has 1 saturated carbocycles. The van der Waals surface area contributed by atoms with Crippen LogP contribution < -0.4 is 20.4 Å². The molecule has 1 unspecified atom stereocenters. The summed E-state index contributed by atoms with van der Waals surface area (Å²) < 4.78 is 23.0. The van der Waals surface area contributed by atoms with E-state index in [2.05, 4.69) is 11.2 Å². The fourth-order valence-electron chi connectivity index (χ4n) is 4.27. The number of Topliss-reactive ketones (excluding diaryl/α,β-unsaturated/α-hetero) is 1. The molecule has 0 spiro atoms. The number of fused-ring (bicyclic) bond motifs is 2. The van der Waals surface area contributed by atoms with Gasteiger partial charge in [0.25, 0.3) is 0 Å². The number of benzene rings is 1. The highest BCUT2D eigenvalue weighted by Crippen LogP contribution is 2.49. The van der Waals surface area contributed by atoms with Gasteiger partial charge in [0.1, 0.15) is 10.9 Å². The minimum Gasteiger partial charge on any atom is -0.492 e. The van der Waals surface area contributed by atoms with E-state index in [1.807, 2.05) is 9.47 Å². The number of thioether (sulfide) groups is 1. The molecule has 2 aromatic rings. The second-order valence-corrected chi connectivity index (χ2v) is 8.61. The third-order valence-corrected chi connectivity index (χ3v) is 6.95. The Morgan fingerprint density at radius 1 is 1.31 bits per heavy atom. The third-order valence-electron chi connectivity index (χ3n) is 5.74. The van der Waals surface area contributed by atoms with Crippen LogP contribution in [-0.2, 0) is 0 Å². The maximum Gasteiger partial charge on any atom is 0.201 e. The molecule has 1 N–H and O–H groups in total. The first-order valence-corrected chi connectivity index (χ1v) is 10.6. The summed E-state index contributed by atoms with van der Waals surface area (Å²) >= 11 is 1.24. The first-order chi connectivity index (χ1) is 14.1. The predicted octanol–water partition coefficient (Wildman–Crippen LogP) is 2.18. The van der Waals surface area contributed by atoms with Crippen LogP contribution in [0.1, 0.15) is 29.2 Å². The first kappa shape index (κ1) is 18.5. The lowest BCUT2D eigenvalue weighted by Crippen LogP contribution is -2.44. The topological polar surface area (TPSA) is 63.6 Å². The summed E-state index contributed by atoms with van der Waals surface area (Å²) in [6.07, 6.45) is 7.39. The van der Waals surface area contributed by atoms with Gasteiger partial charge in [-0.3, -0.25) is 9.59 Å². The van der Waals surface area contributed by atoms with Gasteiger partial charge >= 0.3 is 0 Å². The van der Waals surface area contributed by atoms with Crippen molar-refractivity contribution in [2.75, 3.05) is 38.2 Å². The predicted molar refractivity (Wildman–Crippen MR) is 111 cm³/mol. The molecule has 1 aromatic carbocycles. The molecule has 5 rings (SSSR count). The van der Waals surface area contributed by atoms with E-state index in [-0.39, 0.29) is 22.8 Å². The van der Waals surface area contributed by atoms with Crippen molar-refractivity contribution < 1.29 is 13.9 Å². The highest BCUT2D eigenvalue weighted by atomic mass is 32.2. The van der Waals surface area contributed by atoms with Crippen molar-refractivity contribution in [3.8, 4) is 18.1 Å². The van der Waals surface area contributed by atoms with E-state index in [0.717, 1.165) is 25.9 Å². The van der Waals surface area contributed by atoms with Gasteiger partial charge in [-0.1, -0.05) is 17.7 Å². The summed E-state index contributed by atoms with van der Waals surface area (Å²) in [5.41, 5.74) is 0.560. The maximum absolute atomic E-state index is 15.3. The number of hydrogen-bond donors (Lipinski definition) is 1. The lowest BCUT2D eigenvalue weighted by Gasteiger charge is -2.31. The number of nitrogens with one attached hydrogen (secondary N) is 1. The number of ether oxygens (including phenoxy) is 1. The standard InChI is InChI=1S/C21H20FN3O3S/c1-3-14-19(27)15-18(26)12-10-13(22)17(24-8-6-23-7-9-24)20(28-2)16(12)25(11-4-5-11)21(15)29-14/h1,10-11,14,23H,4-9H2,2H3. The molecule has 1 saturated heterocycles. The smallest absolute Gasteiger partial charge is 0.201 e. The second-order valence-electron chi connectivity index (χ2n) is 7.51. The van der Waals surface area contributed by atoms with Crippen LogP contribution in [0.5, 0.6) is 5.75 Å². The van der Waals surface area contributed by atoms with E-state index in [1.165, 1.54) is 24.9 Å². The van der Waals surface area contributed by atoms with Crippen LogP contribution in [-0.4, -0.2) is 48.9 Å². The van der Waals surface area contributed by atoms with Crippen LogP contribution in [0.25, 0.3) is 10.9 Å². The number of halogens is 1. The van der Waals surface area contributed by atoms with Crippen LogP contribution in [0.15, 0.2) is 15.9 Å². The number of aromatic nitrogens is 1. The van der Waals surface area contributed by atoms with Gasteiger partial charge in [0.2, 0.25) is 5.43 Å². The molecule has 0 bridgehead atoms. The van der Waals surface area contributed by atoms with E-state index in [4.69, 9.17) is 11.2 Å². The van der Waals surface area contributed by atoms with Gasteiger partial charge in [-0.2, -0.15) is 0 Å². The maximum atomic E-state index is 15.3. The van der Waals surface area contributed by atoms with Crippen LogP contribution in [0.4, 0.5) is 10.1 Å². The molecule has 150 valence electrons. The Morgan fingerprint density at radius 3 is 2.66 bits per heavy atom. The van der Waals surface area contributed by atoms with Crippen LogP contribution in [0.3, 0.4) is 0 Å². The average Bonchev–Trinajstić information content (AvgIpc) is 3.51. The summed E-state index contributed by atoms with van der Waals surface area (Å²) in [5.74, 6) is 1.95. The summed E-state index contributed by atoms with van der Waals surface area (Å²) in [7, 11) is 1.50. The number of anilines is 1. The highest BCUT2D eigenvalue weighted by Gasteiger charge is 2.41. The normalized spacial score (nSPS) is 21.3. The number of ketones is 1. The fraction of sp³-hybridized carbons (Fsp3) is 0.429. The quantitative estimate of drug-likeness (QED) is 0.779. The molecule has 2 aliphatic heterocycles. The molecule has 0 amide bonds. The summed E-state index contributed by atoms with van der Waals surface area (Å²) in [6, 6.07) is 1.41. The zero-order valence-corrected chi connectivity index (χ0v) is 16.8. The van der Waals surface area contributed by atoms with Gasteiger partial charge in [-0.25, -0.2) is 4.39 Å². The molecule has 1 atom stereocenters. The Morgan fingerprint density at radius 2 is 2.03 bits per heavy atom. The third kappa shape index (κ3) is 2.68. The van der Waals surface area contributed by atoms with E-state index in [9.17, 15) is 9.59 Å². The number of terminal acetylenes is 1. The number of piperazine rings is 1. The van der Waals surface area contributed by atoms with Crippen LogP contribution in [0.2, 0.25) is 0 Å². The van der Waals surface area contributed by atoms with Crippen molar-refractivity contribution in [3.05, 3.63) is 27.7 Å². The Balaban J connectivity index is 1.87. The molecule has 2 fully saturated rings. The molecular weight excluding hydrogens is 393 g/mol. The van der Waals surface area contributed by atoms with Gasteiger partial charge in [0.05, 0.1) is 28.6 Å². The minimum absolute atomic E-state index is 0.0914. The van der Waals surface area contributed by atoms with Crippen molar-refractivity contribution in [2.24, 2.45) is 0 Å². The Kier molecular flexibility index (Phi) is 4.33. The van der Waals surface area contributed by atoms with Crippen LogP contribution >= 0.6 is 11.8 Å². The number of hydrogen-bond acceptors (Lipinski definition) is 6. The van der Waals surface area contributed by atoms with E-state index >= 15 is 4.39 Å². The van der Waals surface area contributed by atoms with Gasteiger partial charge in [0, 0.05) is 32.2 Å². The number of pyridine rings is 1. The van der Waals surface area contributed by atoms with Crippen molar-refractivity contribution >= 4 is 34.1 Å². The Labute approximate surface area is 171 Å². The average molecular weight is 413 g/mol. The first-order valence-electron chi connectivity index (χ1n) is 9.68. The molecule has 1 aromatic heterocycles. The van der Waals surface area contributed by atoms with Crippen molar-refractivity contribution in [2.45, 2.75) is 29.2 Å². The van der Waals surface area contributed by atoms with E-state index in [1.54, 1.807) is 0 Å². The zero-order valence-electron chi connectivity index (χ0n) is 16.0. The summed E-state index contributed by atoms with van der Waals surface area (Å²) in [5, 5.41) is 3.31. The number of carbonyl (C=O) groups is 1. The SMILES string of the molecule is C#CC1Sc2c(c(=O)c3cc(F)c(N4CCNCC4)c(OC)c3n2C2CC2)C1=O. The van der Waals surface area contributed by atoms with Crippen LogP contribution in [0, 0.1) is 18.2 Å². The van der Waals surface area contributed by atoms with Gasteiger partial charge < -0.3 is 19.5 Å². The van der Waals surface area contributed by atoms with Gasteiger partial charge in [-0.15, -0.1) is 6.42 Å². The lowest BCUT2D eigenvalue weighted by molar-refractivity contribution is 0.100. The molecule has 6 nitrogen and oxygen atoms in total. The zero-order chi connectivity index (χ0) is 20.3. The molecule has 3 heterocycles. The van der Waals surface area contributed by atoms with Crippen molar-refractivity contribution in [1.29, 1.82) is 0 Å². The molecule has 3 aliphatic rings. The number of methoxy groups -OCH3 is 1.